The SMILES string of the molecule is Cc1cc(Cc2ccc(C(F)(F)F)cc2F)n2ncnc2c1. The molecular weight excluding hydrogens is 298 g/mol. The highest BCUT2D eigenvalue weighted by Crippen LogP contribution is 2.30. The van der Waals surface area contributed by atoms with Gasteiger partial charge in [-0.15, -0.1) is 0 Å². The number of hydrogen-bond acceptors (Lipinski definition) is 2. The molecule has 7 heteroatoms. The van der Waals surface area contributed by atoms with Gasteiger partial charge in [-0.25, -0.2) is 13.9 Å². The smallest absolute Gasteiger partial charge is 0.218 e. The fourth-order valence-electron chi connectivity index (χ4n) is 2.33. The first-order chi connectivity index (χ1) is 10.3. The van der Waals surface area contributed by atoms with E-state index in [-0.39, 0.29) is 12.0 Å². The molecule has 0 spiro atoms. The van der Waals surface area contributed by atoms with Crippen LogP contribution in [0, 0.1) is 12.7 Å². The van der Waals surface area contributed by atoms with Gasteiger partial charge in [-0.05, 0) is 42.3 Å². The predicted molar refractivity (Wildman–Crippen MR) is 71.9 cm³/mol. The largest absolute Gasteiger partial charge is 0.416 e. The number of rotatable bonds is 2. The lowest BCUT2D eigenvalue weighted by Gasteiger charge is -2.10. The highest BCUT2D eigenvalue weighted by molar-refractivity contribution is 5.43. The van der Waals surface area contributed by atoms with E-state index in [1.807, 2.05) is 13.0 Å². The Morgan fingerprint density at radius 1 is 1.14 bits per heavy atom. The molecule has 2 heterocycles. The van der Waals surface area contributed by atoms with Crippen molar-refractivity contribution in [2.24, 2.45) is 0 Å². The molecule has 0 fully saturated rings. The van der Waals surface area contributed by atoms with Gasteiger partial charge >= 0.3 is 6.18 Å². The summed E-state index contributed by atoms with van der Waals surface area (Å²) < 4.78 is 53.2. The average molecular weight is 309 g/mol. The van der Waals surface area contributed by atoms with Crippen molar-refractivity contribution in [3.05, 3.63) is 64.9 Å². The van der Waals surface area contributed by atoms with Gasteiger partial charge in [0.25, 0.3) is 0 Å². The highest BCUT2D eigenvalue weighted by atomic mass is 19.4. The molecule has 3 rings (SSSR count). The van der Waals surface area contributed by atoms with Crippen molar-refractivity contribution in [3.63, 3.8) is 0 Å². The topological polar surface area (TPSA) is 30.2 Å². The predicted octanol–water partition coefficient (Wildman–Crippen LogP) is 3.79. The number of benzene rings is 1. The molecule has 0 radical (unpaired) electrons. The van der Waals surface area contributed by atoms with Gasteiger partial charge in [0, 0.05) is 12.1 Å². The van der Waals surface area contributed by atoms with E-state index < -0.39 is 17.6 Å². The van der Waals surface area contributed by atoms with Gasteiger partial charge in [-0.2, -0.15) is 18.3 Å². The maximum atomic E-state index is 13.9. The molecule has 2 aromatic heterocycles. The van der Waals surface area contributed by atoms with Crippen LogP contribution in [0.4, 0.5) is 17.6 Å². The summed E-state index contributed by atoms with van der Waals surface area (Å²) in [6.07, 6.45) is -3.05. The summed E-state index contributed by atoms with van der Waals surface area (Å²) in [6.45, 7) is 1.86. The fourth-order valence-corrected chi connectivity index (χ4v) is 2.33. The highest BCUT2D eigenvalue weighted by Gasteiger charge is 2.31. The molecule has 22 heavy (non-hydrogen) atoms. The summed E-state index contributed by atoms with van der Waals surface area (Å²) >= 11 is 0. The van der Waals surface area contributed by atoms with Gasteiger partial charge in [-0.3, -0.25) is 0 Å². The van der Waals surface area contributed by atoms with E-state index in [4.69, 9.17) is 0 Å². The fraction of sp³-hybridized carbons (Fsp3) is 0.200. The molecule has 0 aliphatic rings. The Hall–Kier alpha value is -2.44. The van der Waals surface area contributed by atoms with Crippen LogP contribution in [0.1, 0.15) is 22.4 Å². The quantitative estimate of drug-likeness (QED) is 0.674. The summed E-state index contributed by atoms with van der Waals surface area (Å²) in [5, 5.41) is 4.05. The van der Waals surface area contributed by atoms with E-state index in [0.29, 0.717) is 17.4 Å². The molecule has 1 aromatic carbocycles. The number of pyridine rings is 1. The van der Waals surface area contributed by atoms with Gasteiger partial charge in [0.05, 0.1) is 5.56 Å². The normalized spacial score (nSPS) is 12.0. The molecule has 0 N–H and O–H groups in total. The lowest BCUT2D eigenvalue weighted by atomic mass is 10.0. The first kappa shape index (κ1) is 14.5. The molecule has 3 aromatic rings. The molecule has 0 amide bonds. The van der Waals surface area contributed by atoms with E-state index in [9.17, 15) is 17.6 Å². The van der Waals surface area contributed by atoms with Crippen LogP contribution in [0.5, 0.6) is 0 Å². The van der Waals surface area contributed by atoms with Crippen molar-refractivity contribution < 1.29 is 17.6 Å². The second-order valence-electron chi connectivity index (χ2n) is 5.03. The minimum absolute atomic E-state index is 0.130. The number of alkyl halides is 3. The Bertz CT molecular complexity index is 836. The first-order valence-corrected chi connectivity index (χ1v) is 6.49. The van der Waals surface area contributed by atoms with Crippen molar-refractivity contribution in [1.29, 1.82) is 0 Å². The molecule has 3 nitrogen and oxygen atoms in total. The molecule has 0 bridgehead atoms. The second-order valence-corrected chi connectivity index (χ2v) is 5.03. The van der Waals surface area contributed by atoms with Crippen LogP contribution in [-0.2, 0) is 12.6 Å². The molecule has 0 unspecified atom stereocenters. The zero-order valence-electron chi connectivity index (χ0n) is 11.5. The number of aryl methyl sites for hydroxylation is 1. The molecule has 114 valence electrons. The summed E-state index contributed by atoms with van der Waals surface area (Å²) in [7, 11) is 0. The van der Waals surface area contributed by atoms with Crippen molar-refractivity contribution in [1.82, 2.24) is 14.6 Å². The van der Waals surface area contributed by atoms with Crippen LogP contribution in [0.2, 0.25) is 0 Å². The third-order valence-corrected chi connectivity index (χ3v) is 3.35. The molecule has 0 atom stereocenters. The van der Waals surface area contributed by atoms with Gasteiger partial charge < -0.3 is 0 Å². The second kappa shape index (κ2) is 5.08. The zero-order chi connectivity index (χ0) is 15.9. The van der Waals surface area contributed by atoms with Crippen LogP contribution in [-0.4, -0.2) is 14.6 Å². The van der Waals surface area contributed by atoms with Crippen molar-refractivity contribution in [3.8, 4) is 0 Å². The van der Waals surface area contributed by atoms with Crippen LogP contribution >= 0.6 is 0 Å². The van der Waals surface area contributed by atoms with Crippen molar-refractivity contribution in [2.45, 2.75) is 19.5 Å². The molecule has 0 saturated heterocycles. The minimum Gasteiger partial charge on any atom is -0.218 e. The van der Waals surface area contributed by atoms with E-state index in [1.54, 1.807) is 10.6 Å². The van der Waals surface area contributed by atoms with Gasteiger partial charge in [0.15, 0.2) is 5.65 Å². The third kappa shape index (κ3) is 2.66. The number of hydrogen-bond donors (Lipinski definition) is 0. The van der Waals surface area contributed by atoms with Gasteiger partial charge in [-0.1, -0.05) is 6.07 Å². The van der Waals surface area contributed by atoms with Crippen LogP contribution in [0.3, 0.4) is 0 Å². The Morgan fingerprint density at radius 3 is 2.59 bits per heavy atom. The zero-order valence-corrected chi connectivity index (χ0v) is 11.5. The lowest BCUT2D eigenvalue weighted by Crippen LogP contribution is -2.07. The van der Waals surface area contributed by atoms with E-state index in [1.165, 1.54) is 6.33 Å². The Morgan fingerprint density at radius 2 is 1.91 bits per heavy atom. The minimum atomic E-state index is -4.55. The summed E-state index contributed by atoms with van der Waals surface area (Å²) in [4.78, 5) is 4.06. The van der Waals surface area contributed by atoms with E-state index in [2.05, 4.69) is 10.1 Å². The van der Waals surface area contributed by atoms with Crippen molar-refractivity contribution >= 4 is 5.65 Å². The summed E-state index contributed by atoms with van der Waals surface area (Å²) in [5.74, 6) is -0.885. The maximum absolute atomic E-state index is 13.9. The summed E-state index contributed by atoms with van der Waals surface area (Å²) in [6, 6.07) is 6.18. The van der Waals surface area contributed by atoms with E-state index in [0.717, 1.165) is 17.7 Å². The first-order valence-electron chi connectivity index (χ1n) is 6.49. The maximum Gasteiger partial charge on any atom is 0.416 e. The Kier molecular flexibility index (Phi) is 3.35. The van der Waals surface area contributed by atoms with Crippen LogP contribution in [0.15, 0.2) is 36.7 Å². The lowest BCUT2D eigenvalue weighted by molar-refractivity contribution is -0.137. The number of halogens is 4. The number of fused-ring (bicyclic) bond motifs is 1. The van der Waals surface area contributed by atoms with Crippen molar-refractivity contribution in [2.75, 3.05) is 0 Å². The van der Waals surface area contributed by atoms with Gasteiger partial charge in [0.1, 0.15) is 12.1 Å². The Balaban J connectivity index is 2.00. The average Bonchev–Trinajstić information content (AvgIpc) is 2.88. The Labute approximate surface area is 123 Å². The van der Waals surface area contributed by atoms with E-state index >= 15 is 0 Å². The molecular formula is C15H11F4N3. The number of nitrogens with zero attached hydrogens (tertiary/aromatic N) is 3. The third-order valence-electron chi connectivity index (χ3n) is 3.35. The molecule has 0 saturated carbocycles. The standard InChI is InChI=1S/C15H11F4N3/c1-9-4-12(22-14(5-9)20-8-21-22)6-10-2-3-11(7-13(10)16)15(17,18)19/h2-5,7-8H,6H2,1H3. The van der Waals surface area contributed by atoms with Gasteiger partial charge in [0.2, 0.25) is 0 Å². The number of aromatic nitrogens is 3. The molecule has 0 aliphatic heterocycles. The van der Waals surface area contributed by atoms with Crippen LogP contribution < -0.4 is 0 Å². The monoisotopic (exact) mass is 309 g/mol. The summed E-state index contributed by atoms with van der Waals surface area (Å²) in [5.41, 5.74) is 1.37. The van der Waals surface area contributed by atoms with Crippen LogP contribution in [0.25, 0.3) is 5.65 Å². The molecule has 0 aliphatic carbocycles.